The van der Waals surface area contributed by atoms with Gasteiger partial charge in [-0.15, -0.1) is 0 Å². The van der Waals surface area contributed by atoms with E-state index < -0.39 is 5.60 Å². The van der Waals surface area contributed by atoms with Crippen molar-refractivity contribution in [2.45, 2.75) is 63.5 Å². The molecule has 4 bridgehead atoms. The first-order chi connectivity index (χ1) is 12.4. The number of nitrogens with one attached hydrogen (secondary N) is 1. The molecule has 2 unspecified atom stereocenters. The Bertz CT molecular complexity index is 807. The van der Waals surface area contributed by atoms with E-state index in [9.17, 15) is 9.90 Å². The summed E-state index contributed by atoms with van der Waals surface area (Å²) in [6, 6.07) is 9.77. The molecule has 0 spiro atoms. The van der Waals surface area contributed by atoms with Crippen molar-refractivity contribution in [1.29, 1.82) is 0 Å². The molecule has 138 valence electrons. The first-order valence-corrected chi connectivity index (χ1v) is 9.92. The van der Waals surface area contributed by atoms with Crippen LogP contribution in [0.2, 0.25) is 0 Å². The Hall–Kier alpha value is -1.81. The molecule has 4 saturated carbocycles. The van der Waals surface area contributed by atoms with E-state index in [0.29, 0.717) is 18.3 Å². The predicted molar refractivity (Wildman–Crippen MR) is 99.5 cm³/mol. The molecular formula is C22H27NO3. The third-order valence-corrected chi connectivity index (χ3v) is 6.94. The van der Waals surface area contributed by atoms with Gasteiger partial charge in [0.25, 0.3) is 0 Å². The Morgan fingerprint density at radius 3 is 2.69 bits per heavy atom. The molecule has 1 aromatic carbocycles. The quantitative estimate of drug-likeness (QED) is 0.860. The Morgan fingerprint density at radius 2 is 2.00 bits per heavy atom. The molecule has 1 aromatic heterocycles. The topological polar surface area (TPSA) is 62.5 Å². The zero-order valence-corrected chi connectivity index (χ0v) is 15.3. The number of aliphatic hydroxyl groups is 1. The van der Waals surface area contributed by atoms with Gasteiger partial charge in [-0.25, -0.2) is 0 Å². The molecular weight excluding hydrogens is 326 g/mol. The highest BCUT2D eigenvalue weighted by molar-refractivity contribution is 5.79. The summed E-state index contributed by atoms with van der Waals surface area (Å²) >= 11 is 0. The number of furan rings is 1. The van der Waals surface area contributed by atoms with Gasteiger partial charge in [-0.2, -0.15) is 0 Å². The Morgan fingerprint density at radius 1 is 1.27 bits per heavy atom. The molecule has 1 amide bonds. The lowest BCUT2D eigenvalue weighted by atomic mass is 9.47. The van der Waals surface area contributed by atoms with Crippen molar-refractivity contribution in [2.75, 3.05) is 0 Å². The van der Waals surface area contributed by atoms with Gasteiger partial charge in [0.2, 0.25) is 5.91 Å². The van der Waals surface area contributed by atoms with Crippen LogP contribution >= 0.6 is 0 Å². The van der Waals surface area contributed by atoms with Crippen LogP contribution in [-0.2, 0) is 4.79 Å². The number of fused-ring (bicyclic) bond motifs is 1. The van der Waals surface area contributed by atoms with E-state index >= 15 is 0 Å². The Labute approximate surface area is 154 Å². The minimum atomic E-state index is -0.505. The van der Waals surface area contributed by atoms with Gasteiger partial charge in [0, 0.05) is 11.8 Å². The molecule has 0 aliphatic heterocycles. The largest absolute Gasteiger partial charge is 0.459 e. The van der Waals surface area contributed by atoms with Gasteiger partial charge in [-0.1, -0.05) is 18.2 Å². The molecule has 2 N–H and O–H groups in total. The smallest absolute Gasteiger partial charge is 0.221 e. The van der Waals surface area contributed by atoms with Crippen molar-refractivity contribution in [2.24, 2.45) is 17.3 Å². The molecule has 0 saturated heterocycles. The number of para-hydroxylation sites is 1. The monoisotopic (exact) mass is 353 g/mol. The molecule has 4 aliphatic rings. The van der Waals surface area contributed by atoms with Crippen molar-refractivity contribution in [3.8, 4) is 0 Å². The lowest BCUT2D eigenvalue weighted by Crippen LogP contribution is -2.56. The molecule has 4 heteroatoms. The lowest BCUT2D eigenvalue weighted by molar-refractivity contribution is -0.169. The third kappa shape index (κ3) is 2.75. The highest BCUT2D eigenvalue weighted by atomic mass is 16.3. The van der Waals surface area contributed by atoms with Crippen LogP contribution in [0.4, 0.5) is 0 Å². The van der Waals surface area contributed by atoms with Crippen molar-refractivity contribution in [3.05, 3.63) is 36.1 Å². The van der Waals surface area contributed by atoms with E-state index in [4.69, 9.17) is 4.42 Å². The second-order valence-electron chi connectivity index (χ2n) is 9.34. The molecule has 26 heavy (non-hydrogen) atoms. The van der Waals surface area contributed by atoms with E-state index in [2.05, 4.69) is 5.32 Å². The number of benzene rings is 1. The lowest BCUT2D eigenvalue weighted by Gasteiger charge is -2.60. The predicted octanol–water partition coefficient (Wildman–Crippen LogP) is 4.33. The molecule has 1 heterocycles. The molecule has 6 rings (SSSR count). The fraction of sp³-hybridized carbons (Fsp3) is 0.591. The summed E-state index contributed by atoms with van der Waals surface area (Å²) in [6.07, 6.45) is 6.70. The molecule has 4 fully saturated rings. The standard InChI is InChI=1S/C22H27NO3/c1-14(19-7-17-4-2-3-5-18(17)26-19)23-20(24)12-21-8-15-6-16(9-21)11-22(25,10-15)13-21/h2-5,7,14-16,25H,6,8-13H2,1H3,(H,23,24)/t14-,15-,16+,21?,22?/m0/s1. The average molecular weight is 353 g/mol. The molecule has 0 radical (unpaired) electrons. The normalized spacial score (nSPS) is 36.4. The highest BCUT2D eigenvalue weighted by Gasteiger charge is 2.57. The summed E-state index contributed by atoms with van der Waals surface area (Å²) in [7, 11) is 0. The van der Waals surface area contributed by atoms with E-state index in [0.717, 1.165) is 48.8 Å². The van der Waals surface area contributed by atoms with E-state index in [-0.39, 0.29) is 17.4 Å². The molecule has 4 nitrogen and oxygen atoms in total. The van der Waals surface area contributed by atoms with Gasteiger partial charge in [0.15, 0.2) is 0 Å². The average Bonchev–Trinajstić information content (AvgIpc) is 2.95. The number of rotatable bonds is 4. The SMILES string of the molecule is C[C@H](NC(=O)CC12C[C@@H]3C[C@@H](CC(O)(C3)C1)C2)c1cc2ccccc2o1. The minimum absolute atomic E-state index is 0.0104. The summed E-state index contributed by atoms with van der Waals surface area (Å²) in [5.74, 6) is 2.11. The second-order valence-corrected chi connectivity index (χ2v) is 9.34. The summed E-state index contributed by atoms with van der Waals surface area (Å²) in [5, 5.41) is 15.1. The van der Waals surface area contributed by atoms with Gasteiger partial charge in [0.05, 0.1) is 11.6 Å². The summed E-state index contributed by atoms with van der Waals surface area (Å²) in [5.41, 5.74) is 0.359. The maximum absolute atomic E-state index is 12.8. The van der Waals surface area contributed by atoms with Crippen molar-refractivity contribution in [3.63, 3.8) is 0 Å². The zero-order valence-electron chi connectivity index (χ0n) is 15.3. The van der Waals surface area contributed by atoms with Gasteiger partial charge >= 0.3 is 0 Å². The molecule has 2 aromatic rings. The van der Waals surface area contributed by atoms with Crippen LogP contribution < -0.4 is 5.32 Å². The minimum Gasteiger partial charge on any atom is -0.459 e. The fourth-order valence-corrected chi connectivity index (χ4v) is 6.53. The second kappa shape index (κ2) is 5.59. The van der Waals surface area contributed by atoms with E-state index in [1.807, 2.05) is 37.3 Å². The maximum atomic E-state index is 12.8. The maximum Gasteiger partial charge on any atom is 0.221 e. The van der Waals surface area contributed by atoms with Gasteiger partial charge in [-0.3, -0.25) is 4.79 Å². The number of carbonyl (C=O) groups excluding carboxylic acids is 1. The van der Waals surface area contributed by atoms with Crippen LogP contribution in [0.3, 0.4) is 0 Å². The van der Waals surface area contributed by atoms with Gasteiger partial charge < -0.3 is 14.8 Å². The van der Waals surface area contributed by atoms with Crippen molar-refractivity contribution >= 4 is 16.9 Å². The van der Waals surface area contributed by atoms with Crippen LogP contribution in [0.5, 0.6) is 0 Å². The number of hydrogen-bond acceptors (Lipinski definition) is 3. The van der Waals surface area contributed by atoms with Crippen LogP contribution in [0.15, 0.2) is 34.7 Å². The first kappa shape index (κ1) is 16.4. The van der Waals surface area contributed by atoms with Crippen molar-refractivity contribution < 1.29 is 14.3 Å². The highest BCUT2D eigenvalue weighted by Crippen LogP contribution is 2.62. The Kier molecular flexibility index (Phi) is 3.52. The third-order valence-electron chi connectivity index (χ3n) is 6.94. The van der Waals surface area contributed by atoms with E-state index in [1.165, 1.54) is 6.42 Å². The summed E-state index contributed by atoms with van der Waals surface area (Å²) in [4.78, 5) is 12.8. The zero-order chi connectivity index (χ0) is 17.9. The molecule has 5 atom stereocenters. The van der Waals surface area contributed by atoms with Gasteiger partial charge in [-0.05, 0) is 74.8 Å². The van der Waals surface area contributed by atoms with Crippen LogP contribution in [-0.4, -0.2) is 16.6 Å². The number of amides is 1. The Balaban J connectivity index is 1.28. The fourth-order valence-electron chi connectivity index (χ4n) is 6.53. The van der Waals surface area contributed by atoms with Gasteiger partial charge in [0.1, 0.15) is 11.3 Å². The summed E-state index contributed by atoms with van der Waals surface area (Å²) < 4.78 is 5.89. The van der Waals surface area contributed by atoms with Crippen LogP contribution in [0, 0.1) is 17.3 Å². The number of hydrogen-bond donors (Lipinski definition) is 2. The van der Waals surface area contributed by atoms with Crippen LogP contribution in [0.1, 0.15) is 63.7 Å². The summed E-state index contributed by atoms with van der Waals surface area (Å²) in [6.45, 7) is 1.98. The van der Waals surface area contributed by atoms with E-state index in [1.54, 1.807) is 0 Å². The number of carbonyl (C=O) groups is 1. The van der Waals surface area contributed by atoms with Crippen LogP contribution in [0.25, 0.3) is 11.0 Å². The molecule has 4 aliphatic carbocycles. The van der Waals surface area contributed by atoms with Crippen molar-refractivity contribution in [1.82, 2.24) is 5.32 Å². The first-order valence-electron chi connectivity index (χ1n) is 9.92.